The molecule has 4 rings (SSSR count). The van der Waals surface area contributed by atoms with Crippen LogP contribution < -0.4 is 5.32 Å². The lowest BCUT2D eigenvalue weighted by Crippen LogP contribution is -2.28. The molecule has 0 fully saturated rings. The number of aromatic nitrogens is 6. The summed E-state index contributed by atoms with van der Waals surface area (Å²) >= 11 is 0. The molecular formula is C17H15N7O. The fraction of sp³-hybridized carbons (Fsp3) is 0.118. The fourth-order valence-electron chi connectivity index (χ4n) is 2.69. The molecular weight excluding hydrogens is 318 g/mol. The fourth-order valence-corrected chi connectivity index (χ4v) is 2.69. The monoisotopic (exact) mass is 333 g/mol. The van der Waals surface area contributed by atoms with Gasteiger partial charge < -0.3 is 10.3 Å². The third kappa shape index (κ3) is 3.23. The number of tetrazole rings is 1. The van der Waals surface area contributed by atoms with E-state index in [9.17, 15) is 4.79 Å². The second-order valence-corrected chi connectivity index (χ2v) is 5.62. The first-order valence-electron chi connectivity index (χ1n) is 7.80. The Bertz CT molecular complexity index is 979. The zero-order chi connectivity index (χ0) is 17.1. The van der Waals surface area contributed by atoms with Crippen molar-refractivity contribution < 1.29 is 4.79 Å². The van der Waals surface area contributed by atoms with Crippen LogP contribution in [0, 0.1) is 0 Å². The van der Waals surface area contributed by atoms with Gasteiger partial charge in [0.25, 0.3) is 0 Å². The number of carbonyl (C=O) groups is 1. The first-order chi connectivity index (χ1) is 12.3. The minimum absolute atomic E-state index is 0.185. The van der Waals surface area contributed by atoms with E-state index in [2.05, 4.69) is 30.8 Å². The van der Waals surface area contributed by atoms with Crippen LogP contribution in [0.5, 0.6) is 0 Å². The second-order valence-electron chi connectivity index (χ2n) is 5.62. The lowest BCUT2D eigenvalue weighted by molar-refractivity contribution is -0.119. The maximum atomic E-state index is 12.8. The molecule has 2 heterocycles. The van der Waals surface area contributed by atoms with Crippen LogP contribution in [-0.4, -0.2) is 36.1 Å². The van der Waals surface area contributed by atoms with Crippen molar-refractivity contribution in [1.29, 1.82) is 0 Å². The van der Waals surface area contributed by atoms with Gasteiger partial charge in [-0.25, -0.2) is 9.67 Å². The Morgan fingerprint density at radius 1 is 1.20 bits per heavy atom. The van der Waals surface area contributed by atoms with Crippen molar-refractivity contribution >= 4 is 22.6 Å². The van der Waals surface area contributed by atoms with E-state index in [0.717, 1.165) is 16.6 Å². The number of hydrogen-bond donors (Lipinski definition) is 2. The summed E-state index contributed by atoms with van der Waals surface area (Å²) in [6.45, 7) is 0. The van der Waals surface area contributed by atoms with Gasteiger partial charge in [0.1, 0.15) is 12.4 Å². The van der Waals surface area contributed by atoms with Crippen LogP contribution in [0.1, 0.15) is 11.6 Å². The molecule has 0 aliphatic carbocycles. The minimum atomic E-state index is -0.546. The van der Waals surface area contributed by atoms with Crippen molar-refractivity contribution in [2.75, 3.05) is 5.32 Å². The number of rotatable bonds is 5. The first-order valence-corrected chi connectivity index (χ1v) is 7.80. The Morgan fingerprint density at radius 2 is 2.08 bits per heavy atom. The quantitative estimate of drug-likeness (QED) is 0.581. The van der Waals surface area contributed by atoms with E-state index in [1.54, 1.807) is 6.33 Å². The summed E-state index contributed by atoms with van der Waals surface area (Å²) in [7, 11) is 0. The molecule has 0 radical (unpaired) electrons. The summed E-state index contributed by atoms with van der Waals surface area (Å²) in [4.78, 5) is 20.0. The number of carbonyl (C=O) groups excluding carboxylic acids is 1. The van der Waals surface area contributed by atoms with Crippen LogP contribution in [0.4, 0.5) is 5.69 Å². The summed E-state index contributed by atoms with van der Waals surface area (Å²) in [6.07, 6.45) is 3.56. The van der Waals surface area contributed by atoms with Crippen molar-refractivity contribution in [1.82, 2.24) is 30.2 Å². The van der Waals surface area contributed by atoms with Crippen molar-refractivity contribution in [2.24, 2.45) is 0 Å². The summed E-state index contributed by atoms with van der Waals surface area (Å²) in [5, 5.41) is 14.1. The molecule has 0 aliphatic heterocycles. The number of benzene rings is 2. The van der Waals surface area contributed by atoms with Crippen LogP contribution >= 0.6 is 0 Å². The van der Waals surface area contributed by atoms with E-state index >= 15 is 0 Å². The van der Waals surface area contributed by atoms with Crippen LogP contribution in [0.25, 0.3) is 11.0 Å². The SMILES string of the molecule is O=C(Nc1ccc2nc[nH]c2c1)[C@H](Cc1ccccc1)n1cnnn1. The summed E-state index contributed by atoms with van der Waals surface area (Å²) in [6, 6.07) is 14.7. The molecule has 124 valence electrons. The Kier molecular flexibility index (Phi) is 3.91. The maximum absolute atomic E-state index is 12.8. The van der Waals surface area contributed by atoms with E-state index in [1.807, 2.05) is 48.5 Å². The topological polar surface area (TPSA) is 101 Å². The molecule has 0 bridgehead atoms. The zero-order valence-electron chi connectivity index (χ0n) is 13.2. The molecule has 8 heteroatoms. The molecule has 0 saturated carbocycles. The number of H-pyrrole nitrogens is 1. The highest BCUT2D eigenvalue weighted by Gasteiger charge is 2.22. The van der Waals surface area contributed by atoms with Gasteiger partial charge in [0.2, 0.25) is 5.91 Å². The van der Waals surface area contributed by atoms with Gasteiger partial charge in [-0.3, -0.25) is 4.79 Å². The molecule has 1 amide bonds. The summed E-state index contributed by atoms with van der Waals surface area (Å²) in [5.74, 6) is -0.185. The van der Waals surface area contributed by atoms with Gasteiger partial charge in [-0.05, 0) is 34.2 Å². The largest absolute Gasteiger partial charge is 0.345 e. The van der Waals surface area contributed by atoms with Gasteiger partial charge in [0.15, 0.2) is 0 Å². The second kappa shape index (κ2) is 6.52. The van der Waals surface area contributed by atoms with Crippen LogP contribution in [-0.2, 0) is 11.2 Å². The molecule has 1 atom stereocenters. The highest BCUT2D eigenvalue weighted by molar-refractivity contribution is 5.95. The average molecular weight is 333 g/mol. The molecule has 0 saturated heterocycles. The third-order valence-electron chi connectivity index (χ3n) is 3.95. The number of fused-ring (bicyclic) bond motifs is 1. The van der Waals surface area contributed by atoms with Crippen molar-refractivity contribution in [3.05, 3.63) is 66.7 Å². The zero-order valence-corrected chi connectivity index (χ0v) is 13.2. The molecule has 2 aromatic heterocycles. The number of amides is 1. The number of nitrogens with zero attached hydrogens (tertiary/aromatic N) is 5. The predicted octanol–water partition coefficient (Wildman–Crippen LogP) is 1.97. The van der Waals surface area contributed by atoms with E-state index < -0.39 is 6.04 Å². The van der Waals surface area contributed by atoms with Crippen LogP contribution in [0.2, 0.25) is 0 Å². The molecule has 0 aliphatic rings. The molecule has 2 N–H and O–H groups in total. The molecule has 2 aromatic carbocycles. The van der Waals surface area contributed by atoms with E-state index in [-0.39, 0.29) is 5.91 Å². The normalized spacial score (nSPS) is 12.2. The lowest BCUT2D eigenvalue weighted by atomic mass is 10.1. The predicted molar refractivity (Wildman–Crippen MR) is 91.7 cm³/mol. The summed E-state index contributed by atoms with van der Waals surface area (Å²) < 4.78 is 1.47. The number of imidazole rings is 1. The van der Waals surface area contributed by atoms with Crippen LogP contribution in [0.15, 0.2) is 61.2 Å². The van der Waals surface area contributed by atoms with Crippen LogP contribution in [0.3, 0.4) is 0 Å². The first kappa shape index (κ1) is 15.0. The highest BCUT2D eigenvalue weighted by atomic mass is 16.2. The smallest absolute Gasteiger partial charge is 0.249 e. The molecule has 0 spiro atoms. The van der Waals surface area contributed by atoms with Crippen molar-refractivity contribution in [3.63, 3.8) is 0 Å². The number of hydrogen-bond acceptors (Lipinski definition) is 5. The van der Waals surface area contributed by atoms with Crippen molar-refractivity contribution in [3.8, 4) is 0 Å². The standard InChI is InChI=1S/C17H15N7O/c25-17(21-13-6-7-14-15(9-13)19-10-18-14)16(24-11-20-22-23-24)8-12-4-2-1-3-5-12/h1-7,9-11,16H,8H2,(H,18,19)(H,21,25)/t16-/m0/s1. The highest BCUT2D eigenvalue weighted by Crippen LogP contribution is 2.19. The molecule has 8 nitrogen and oxygen atoms in total. The van der Waals surface area contributed by atoms with Gasteiger partial charge in [-0.1, -0.05) is 30.3 Å². The van der Waals surface area contributed by atoms with E-state index in [4.69, 9.17) is 0 Å². The number of nitrogens with one attached hydrogen (secondary N) is 2. The lowest BCUT2D eigenvalue weighted by Gasteiger charge is -2.16. The molecule has 4 aromatic rings. The van der Waals surface area contributed by atoms with Gasteiger partial charge in [0, 0.05) is 12.1 Å². The number of anilines is 1. The Morgan fingerprint density at radius 3 is 2.88 bits per heavy atom. The van der Waals surface area contributed by atoms with Gasteiger partial charge in [-0.15, -0.1) is 5.10 Å². The molecule has 0 unspecified atom stereocenters. The van der Waals surface area contributed by atoms with Gasteiger partial charge in [0.05, 0.1) is 17.4 Å². The summed E-state index contributed by atoms with van der Waals surface area (Å²) in [5.41, 5.74) is 3.43. The average Bonchev–Trinajstić information content (AvgIpc) is 3.31. The van der Waals surface area contributed by atoms with Gasteiger partial charge in [-0.2, -0.15) is 0 Å². The number of aromatic amines is 1. The van der Waals surface area contributed by atoms with Gasteiger partial charge >= 0.3 is 0 Å². The van der Waals surface area contributed by atoms with E-state index in [1.165, 1.54) is 11.0 Å². The van der Waals surface area contributed by atoms with Crippen molar-refractivity contribution in [2.45, 2.75) is 12.5 Å². The van der Waals surface area contributed by atoms with E-state index in [0.29, 0.717) is 12.1 Å². The molecule has 25 heavy (non-hydrogen) atoms. The minimum Gasteiger partial charge on any atom is -0.345 e. The third-order valence-corrected chi connectivity index (χ3v) is 3.95. The maximum Gasteiger partial charge on any atom is 0.249 e. The Balaban J connectivity index is 1.58. The Hall–Kier alpha value is -3.55. The Labute approximate surface area is 142 Å².